The van der Waals surface area contributed by atoms with E-state index >= 15 is 0 Å². The number of carbonyl (C=O) groups is 1. The van der Waals surface area contributed by atoms with Crippen LogP contribution in [0.4, 0.5) is 0 Å². The van der Waals surface area contributed by atoms with Gasteiger partial charge in [0.05, 0.1) is 19.3 Å². The summed E-state index contributed by atoms with van der Waals surface area (Å²) < 4.78 is 13.2. The fraction of sp³-hybridized carbons (Fsp3) is 0.824. The van der Waals surface area contributed by atoms with Gasteiger partial charge in [-0.2, -0.15) is 0 Å². The van der Waals surface area contributed by atoms with Crippen molar-refractivity contribution < 1.29 is 14.3 Å². The predicted octanol–water partition coefficient (Wildman–Crippen LogP) is 1.99. The standard InChI is InChI=1S/C17H28N4O3/c22-17(12-23-11-15-8-4-5-9-24-15)18-10-16-20-19-13-21(16)14-6-2-1-3-7-14/h13-15H,1-12H2,(H,18,22)/t15-/m1/s1. The minimum Gasteiger partial charge on any atom is -0.376 e. The lowest BCUT2D eigenvalue weighted by Gasteiger charge is -2.24. The van der Waals surface area contributed by atoms with Crippen LogP contribution in [0.5, 0.6) is 0 Å². The van der Waals surface area contributed by atoms with Crippen LogP contribution in [0.1, 0.15) is 63.2 Å². The van der Waals surface area contributed by atoms with Crippen LogP contribution in [0, 0.1) is 0 Å². The highest BCUT2D eigenvalue weighted by Gasteiger charge is 2.19. The summed E-state index contributed by atoms with van der Waals surface area (Å²) in [6.07, 6.45) is 11.4. The highest BCUT2D eigenvalue weighted by atomic mass is 16.5. The lowest BCUT2D eigenvalue weighted by atomic mass is 9.95. The Balaban J connectivity index is 1.37. The molecule has 1 aromatic heterocycles. The molecule has 1 aliphatic heterocycles. The Morgan fingerprint density at radius 3 is 2.88 bits per heavy atom. The first-order chi connectivity index (χ1) is 11.8. The van der Waals surface area contributed by atoms with E-state index in [0.717, 1.165) is 25.3 Å². The molecule has 2 aliphatic rings. The summed E-state index contributed by atoms with van der Waals surface area (Å²) in [5, 5.41) is 11.0. The van der Waals surface area contributed by atoms with Crippen molar-refractivity contribution >= 4 is 5.91 Å². The topological polar surface area (TPSA) is 78.3 Å². The van der Waals surface area contributed by atoms with E-state index < -0.39 is 0 Å². The van der Waals surface area contributed by atoms with Crippen LogP contribution in [0.3, 0.4) is 0 Å². The zero-order chi connectivity index (χ0) is 16.6. The van der Waals surface area contributed by atoms with Crippen LogP contribution in [0.25, 0.3) is 0 Å². The van der Waals surface area contributed by atoms with Gasteiger partial charge < -0.3 is 19.4 Å². The molecule has 0 unspecified atom stereocenters. The Hall–Kier alpha value is -1.47. The molecule has 7 heteroatoms. The number of hydrogen-bond donors (Lipinski definition) is 1. The van der Waals surface area contributed by atoms with Crippen molar-refractivity contribution in [1.29, 1.82) is 0 Å². The summed E-state index contributed by atoms with van der Waals surface area (Å²) >= 11 is 0. The number of amides is 1. The van der Waals surface area contributed by atoms with Gasteiger partial charge in [-0.25, -0.2) is 0 Å². The molecule has 0 aromatic carbocycles. The van der Waals surface area contributed by atoms with Gasteiger partial charge in [-0.3, -0.25) is 4.79 Å². The summed E-state index contributed by atoms with van der Waals surface area (Å²) in [7, 11) is 0. The van der Waals surface area contributed by atoms with Gasteiger partial charge in [0.25, 0.3) is 0 Å². The van der Waals surface area contributed by atoms with Crippen LogP contribution in [0.15, 0.2) is 6.33 Å². The second-order valence-corrected chi connectivity index (χ2v) is 6.73. The molecule has 2 fully saturated rings. The van der Waals surface area contributed by atoms with E-state index in [1.807, 2.05) is 0 Å². The molecule has 1 amide bonds. The molecule has 1 aromatic rings. The van der Waals surface area contributed by atoms with Gasteiger partial charge in [0.2, 0.25) is 5.91 Å². The molecule has 1 saturated heterocycles. The first-order valence-corrected chi connectivity index (χ1v) is 9.17. The summed E-state index contributed by atoms with van der Waals surface area (Å²) in [6, 6.07) is 0.473. The number of ether oxygens (including phenoxy) is 2. The molecule has 1 N–H and O–H groups in total. The molecule has 2 heterocycles. The fourth-order valence-electron chi connectivity index (χ4n) is 3.51. The van der Waals surface area contributed by atoms with Crippen molar-refractivity contribution in [3.63, 3.8) is 0 Å². The second kappa shape index (κ2) is 9.13. The molecule has 0 radical (unpaired) electrons. The zero-order valence-corrected chi connectivity index (χ0v) is 14.3. The highest BCUT2D eigenvalue weighted by molar-refractivity contribution is 5.77. The smallest absolute Gasteiger partial charge is 0.246 e. The first kappa shape index (κ1) is 17.4. The van der Waals surface area contributed by atoms with Gasteiger partial charge in [-0.1, -0.05) is 19.3 Å². The Bertz CT molecular complexity index is 508. The summed E-state index contributed by atoms with van der Waals surface area (Å²) in [5.74, 6) is 0.704. The number of hydrogen-bond acceptors (Lipinski definition) is 5. The quantitative estimate of drug-likeness (QED) is 0.824. The van der Waals surface area contributed by atoms with E-state index in [1.165, 1.54) is 38.5 Å². The lowest BCUT2D eigenvalue weighted by Crippen LogP contribution is -2.31. The van der Waals surface area contributed by atoms with Crippen molar-refractivity contribution in [2.75, 3.05) is 19.8 Å². The first-order valence-electron chi connectivity index (χ1n) is 9.17. The Morgan fingerprint density at radius 2 is 2.08 bits per heavy atom. The van der Waals surface area contributed by atoms with Crippen molar-refractivity contribution in [1.82, 2.24) is 20.1 Å². The molecule has 0 spiro atoms. The molecule has 1 atom stereocenters. The lowest BCUT2D eigenvalue weighted by molar-refractivity contribution is -0.128. The minimum atomic E-state index is -0.121. The molecule has 134 valence electrons. The monoisotopic (exact) mass is 336 g/mol. The van der Waals surface area contributed by atoms with Crippen LogP contribution < -0.4 is 5.32 Å². The molecule has 24 heavy (non-hydrogen) atoms. The van der Waals surface area contributed by atoms with Gasteiger partial charge in [0.1, 0.15) is 12.9 Å². The highest BCUT2D eigenvalue weighted by Crippen LogP contribution is 2.28. The van der Waals surface area contributed by atoms with Gasteiger partial charge in [-0.15, -0.1) is 10.2 Å². The maximum Gasteiger partial charge on any atom is 0.246 e. The number of rotatable bonds is 7. The Labute approximate surface area is 143 Å². The van der Waals surface area contributed by atoms with Crippen molar-refractivity contribution in [2.45, 2.75) is 70.1 Å². The fourth-order valence-corrected chi connectivity index (χ4v) is 3.51. The zero-order valence-electron chi connectivity index (χ0n) is 14.3. The molecule has 3 rings (SSSR count). The minimum absolute atomic E-state index is 0.0669. The average molecular weight is 336 g/mol. The molecular formula is C17H28N4O3. The van der Waals surface area contributed by atoms with E-state index in [-0.39, 0.29) is 18.6 Å². The summed E-state index contributed by atoms with van der Waals surface area (Å²) in [6.45, 7) is 1.76. The van der Waals surface area contributed by atoms with Crippen molar-refractivity contribution in [2.24, 2.45) is 0 Å². The van der Waals surface area contributed by atoms with E-state index in [0.29, 0.717) is 19.2 Å². The van der Waals surface area contributed by atoms with Crippen LogP contribution in [-0.2, 0) is 20.8 Å². The molecule has 7 nitrogen and oxygen atoms in total. The van der Waals surface area contributed by atoms with Crippen molar-refractivity contribution in [3.05, 3.63) is 12.2 Å². The van der Waals surface area contributed by atoms with Gasteiger partial charge in [0.15, 0.2) is 5.82 Å². The number of nitrogens with one attached hydrogen (secondary N) is 1. The molecular weight excluding hydrogens is 308 g/mol. The maximum atomic E-state index is 11.9. The Morgan fingerprint density at radius 1 is 1.25 bits per heavy atom. The van der Waals surface area contributed by atoms with Crippen LogP contribution in [0.2, 0.25) is 0 Å². The van der Waals surface area contributed by atoms with Gasteiger partial charge in [-0.05, 0) is 32.1 Å². The molecule has 1 aliphatic carbocycles. The Kier molecular flexibility index (Phi) is 6.60. The van der Waals surface area contributed by atoms with Gasteiger partial charge in [0, 0.05) is 12.6 Å². The number of nitrogens with zero attached hydrogens (tertiary/aromatic N) is 3. The molecule has 1 saturated carbocycles. The molecule has 0 bridgehead atoms. The second-order valence-electron chi connectivity index (χ2n) is 6.73. The maximum absolute atomic E-state index is 11.9. The van der Waals surface area contributed by atoms with E-state index in [9.17, 15) is 4.79 Å². The number of aromatic nitrogens is 3. The number of carbonyl (C=O) groups excluding carboxylic acids is 1. The van der Waals surface area contributed by atoms with Crippen molar-refractivity contribution in [3.8, 4) is 0 Å². The predicted molar refractivity (Wildman–Crippen MR) is 88.4 cm³/mol. The normalized spacial score (nSPS) is 22.4. The summed E-state index contributed by atoms with van der Waals surface area (Å²) in [5.41, 5.74) is 0. The third-order valence-electron chi connectivity index (χ3n) is 4.87. The SMILES string of the molecule is O=C(COC[C@H]1CCCCO1)NCc1nncn1C1CCCCC1. The van der Waals surface area contributed by atoms with E-state index in [1.54, 1.807) is 6.33 Å². The largest absolute Gasteiger partial charge is 0.376 e. The van der Waals surface area contributed by atoms with E-state index in [4.69, 9.17) is 9.47 Å². The third kappa shape index (κ3) is 5.01. The third-order valence-corrected chi connectivity index (χ3v) is 4.87. The summed E-state index contributed by atoms with van der Waals surface area (Å²) in [4.78, 5) is 11.9. The average Bonchev–Trinajstić information content (AvgIpc) is 3.10. The van der Waals surface area contributed by atoms with Crippen LogP contribution >= 0.6 is 0 Å². The van der Waals surface area contributed by atoms with Crippen LogP contribution in [-0.4, -0.2) is 46.6 Å². The van der Waals surface area contributed by atoms with E-state index in [2.05, 4.69) is 20.1 Å². The van der Waals surface area contributed by atoms with Gasteiger partial charge >= 0.3 is 0 Å².